The lowest BCUT2D eigenvalue weighted by molar-refractivity contribution is -0.894. The number of quaternary nitrogens is 1. The number of thioether (sulfide) groups is 1. The van der Waals surface area contributed by atoms with Gasteiger partial charge >= 0.3 is 0 Å². The average molecular weight is 543 g/mol. The maximum atomic E-state index is 12.8. The number of primary amides is 1. The van der Waals surface area contributed by atoms with Gasteiger partial charge in [0.2, 0.25) is 11.5 Å². The van der Waals surface area contributed by atoms with Crippen molar-refractivity contribution in [2.24, 2.45) is 10.9 Å². The zero-order valence-corrected chi connectivity index (χ0v) is 21.3. The van der Waals surface area contributed by atoms with Crippen molar-refractivity contribution in [3.8, 4) is 0 Å². The average Bonchev–Trinajstić information content (AvgIpc) is 3.23. The summed E-state index contributed by atoms with van der Waals surface area (Å²) in [6.45, 7) is 2.24. The van der Waals surface area contributed by atoms with Gasteiger partial charge in [-0.15, -0.1) is 11.8 Å². The lowest BCUT2D eigenvalue weighted by atomic mass is 10.0. The van der Waals surface area contributed by atoms with Crippen molar-refractivity contribution >= 4 is 51.9 Å². The molecule has 1 aromatic heterocycles. The Morgan fingerprint density at radius 2 is 2.19 bits per heavy atom. The number of amides is 2. The SMILES string of the molecule is CC[N+](C)(C/C=C/C1=C(C(=O)[O-])N2C[C@@H](NC(=O)/C(=N/OCF)c3nsc(N)n3)[C@H]2SC1)CC(N)=O. The third-order valence-electron chi connectivity index (χ3n) is 5.80. The van der Waals surface area contributed by atoms with E-state index in [1.807, 2.05) is 20.0 Å². The minimum absolute atomic E-state index is 0.0460. The smallest absolute Gasteiger partial charge is 0.277 e. The molecule has 36 heavy (non-hydrogen) atoms. The Bertz CT molecular complexity index is 1110. The number of halogens is 1. The molecule has 1 fully saturated rings. The molecular formula is C20H27FN8O5S2. The first kappa shape index (κ1) is 27.3. The molecule has 3 heterocycles. The molecule has 1 aromatic rings. The van der Waals surface area contributed by atoms with Gasteiger partial charge in [0, 0.05) is 23.8 Å². The van der Waals surface area contributed by atoms with E-state index in [1.165, 1.54) is 11.8 Å². The van der Waals surface area contributed by atoms with Crippen molar-refractivity contribution in [1.29, 1.82) is 0 Å². The number of anilines is 1. The van der Waals surface area contributed by atoms with E-state index in [4.69, 9.17) is 11.5 Å². The third-order valence-corrected chi connectivity index (χ3v) is 7.74. The van der Waals surface area contributed by atoms with Gasteiger partial charge in [-0.25, -0.2) is 4.39 Å². The van der Waals surface area contributed by atoms with Gasteiger partial charge < -0.3 is 40.9 Å². The zero-order chi connectivity index (χ0) is 26.5. The van der Waals surface area contributed by atoms with Crippen LogP contribution in [0.25, 0.3) is 0 Å². The van der Waals surface area contributed by atoms with Crippen LogP contribution in [0.1, 0.15) is 12.7 Å². The summed E-state index contributed by atoms with van der Waals surface area (Å²) in [5.74, 6) is -2.18. The molecule has 13 nitrogen and oxygen atoms in total. The maximum Gasteiger partial charge on any atom is 0.277 e. The first-order valence-electron chi connectivity index (χ1n) is 10.9. The van der Waals surface area contributed by atoms with Crippen molar-refractivity contribution in [1.82, 2.24) is 19.6 Å². The number of carboxylic acids is 1. The highest BCUT2D eigenvalue weighted by atomic mass is 32.2. The summed E-state index contributed by atoms with van der Waals surface area (Å²) in [6, 6.07) is -0.426. The lowest BCUT2D eigenvalue weighted by Gasteiger charge is -2.53. The molecule has 16 heteroatoms. The monoisotopic (exact) mass is 542 g/mol. The molecule has 0 aromatic carbocycles. The van der Waals surface area contributed by atoms with Gasteiger partial charge in [0.25, 0.3) is 18.7 Å². The van der Waals surface area contributed by atoms with Gasteiger partial charge in [0.15, 0.2) is 11.7 Å². The molecule has 2 aliphatic heterocycles. The van der Waals surface area contributed by atoms with Gasteiger partial charge in [-0.3, -0.25) is 9.59 Å². The van der Waals surface area contributed by atoms with Crippen molar-refractivity contribution in [2.45, 2.75) is 18.3 Å². The molecule has 3 rings (SSSR count). The Kier molecular flexibility index (Phi) is 8.86. The number of fused-ring (bicyclic) bond motifs is 1. The van der Waals surface area contributed by atoms with E-state index in [0.717, 1.165) is 11.5 Å². The number of oxime groups is 1. The van der Waals surface area contributed by atoms with Crippen molar-refractivity contribution in [3.63, 3.8) is 0 Å². The molecule has 2 amide bonds. The summed E-state index contributed by atoms with van der Waals surface area (Å²) in [6.07, 6.45) is 3.55. The van der Waals surface area contributed by atoms with Crippen LogP contribution in [0.4, 0.5) is 9.52 Å². The van der Waals surface area contributed by atoms with Gasteiger partial charge in [0.05, 0.1) is 43.2 Å². The number of nitrogens with two attached hydrogens (primary N) is 2. The van der Waals surface area contributed by atoms with Gasteiger partial charge in [-0.1, -0.05) is 11.2 Å². The standard InChI is InChI=1S/C20H27FN8O5S2/c1-3-29(2,8-13(22)30)6-4-5-11-9-35-18-12(7-28(18)15(11)19(32)33)24-17(31)14(26-34-10-21)16-25-20(23)36-27-16/h4-5,12,18H,3,6-10H2,1-2H3,(H5-,22,23,24,25,27,30,31,32,33)/b5-4+,26-14+/t12-,18-,29?/m1/s1. The van der Waals surface area contributed by atoms with Crippen LogP contribution in [-0.2, 0) is 19.2 Å². The van der Waals surface area contributed by atoms with Crippen molar-refractivity contribution in [2.75, 3.05) is 51.6 Å². The van der Waals surface area contributed by atoms with Crippen LogP contribution in [0.15, 0.2) is 28.6 Å². The molecule has 0 bridgehead atoms. The molecule has 0 aliphatic carbocycles. The summed E-state index contributed by atoms with van der Waals surface area (Å²) >= 11 is 2.29. The number of aliphatic carboxylic acids is 1. The number of hydrogen-bond donors (Lipinski definition) is 3. The number of aromatic nitrogens is 2. The maximum absolute atomic E-state index is 12.8. The molecule has 0 radical (unpaired) electrons. The second-order valence-corrected chi connectivity index (χ2v) is 10.3. The highest BCUT2D eigenvalue weighted by Crippen LogP contribution is 2.39. The minimum atomic E-state index is -1.32. The lowest BCUT2D eigenvalue weighted by Crippen LogP contribution is -2.67. The Morgan fingerprint density at radius 1 is 1.44 bits per heavy atom. The Labute approximate surface area is 214 Å². The normalized spacial score (nSPS) is 21.5. The molecule has 0 spiro atoms. The Hall–Kier alpha value is -3.24. The minimum Gasteiger partial charge on any atom is -0.543 e. The van der Waals surface area contributed by atoms with E-state index in [1.54, 1.807) is 11.0 Å². The highest BCUT2D eigenvalue weighted by Gasteiger charge is 2.45. The number of allylic oxidation sites excluding steroid dienone is 1. The topological polar surface area (TPSA) is 189 Å². The third kappa shape index (κ3) is 6.30. The Balaban J connectivity index is 1.70. The number of nitrogens with zero attached hydrogens (tertiary/aromatic N) is 5. The number of alkyl halides is 1. The molecule has 3 atom stereocenters. The zero-order valence-electron chi connectivity index (χ0n) is 19.7. The number of nitrogen functional groups attached to an aromatic ring is 1. The fourth-order valence-corrected chi connectivity index (χ4v) is 5.58. The molecule has 5 N–H and O–H groups in total. The summed E-state index contributed by atoms with van der Waals surface area (Å²) < 4.78 is 16.8. The predicted octanol–water partition coefficient (Wildman–Crippen LogP) is -1.85. The van der Waals surface area contributed by atoms with Crippen LogP contribution in [0.2, 0.25) is 0 Å². The van der Waals surface area contributed by atoms with Gasteiger partial charge in [-0.2, -0.15) is 9.36 Å². The van der Waals surface area contributed by atoms with E-state index in [9.17, 15) is 23.9 Å². The number of carbonyl (C=O) groups excluding carboxylic acids is 3. The van der Waals surface area contributed by atoms with Gasteiger partial charge in [0.1, 0.15) is 0 Å². The van der Waals surface area contributed by atoms with Crippen molar-refractivity contribution in [3.05, 3.63) is 29.2 Å². The van der Waals surface area contributed by atoms with E-state index in [0.29, 0.717) is 28.9 Å². The summed E-state index contributed by atoms with van der Waals surface area (Å²) in [4.78, 5) is 46.0. The van der Waals surface area contributed by atoms with E-state index in [-0.39, 0.29) is 40.8 Å². The second-order valence-electron chi connectivity index (χ2n) is 8.37. The number of nitrogens with one attached hydrogen (secondary N) is 1. The fraction of sp³-hybridized carbons (Fsp3) is 0.500. The first-order valence-corrected chi connectivity index (χ1v) is 12.7. The number of hydrogen-bond acceptors (Lipinski definition) is 12. The number of carbonyl (C=O) groups is 3. The van der Waals surface area contributed by atoms with Crippen LogP contribution in [0.3, 0.4) is 0 Å². The van der Waals surface area contributed by atoms with Crippen LogP contribution >= 0.6 is 23.3 Å². The van der Waals surface area contributed by atoms with Crippen LogP contribution in [-0.4, -0.2) is 99.5 Å². The molecule has 2 aliphatic rings. The number of carboxylic acid groups (broad SMARTS) is 1. The first-order chi connectivity index (χ1) is 17.1. The van der Waals surface area contributed by atoms with E-state index in [2.05, 4.69) is 24.7 Å². The quantitative estimate of drug-likeness (QED) is 0.154. The van der Waals surface area contributed by atoms with Crippen LogP contribution < -0.4 is 21.9 Å². The largest absolute Gasteiger partial charge is 0.543 e. The molecule has 1 saturated heterocycles. The fourth-order valence-electron chi connectivity index (χ4n) is 3.80. The summed E-state index contributed by atoms with van der Waals surface area (Å²) in [5.41, 5.74) is 11.2. The number of rotatable bonds is 12. The van der Waals surface area contributed by atoms with E-state index < -0.39 is 30.7 Å². The Morgan fingerprint density at radius 3 is 2.78 bits per heavy atom. The molecular weight excluding hydrogens is 515 g/mol. The van der Waals surface area contributed by atoms with Crippen LogP contribution in [0.5, 0.6) is 0 Å². The van der Waals surface area contributed by atoms with Gasteiger partial charge in [-0.05, 0) is 18.6 Å². The number of likely N-dealkylation sites (N-methyl/N-ethyl adjacent to an activating group) is 1. The molecule has 196 valence electrons. The highest BCUT2D eigenvalue weighted by molar-refractivity contribution is 8.00. The van der Waals surface area contributed by atoms with E-state index >= 15 is 0 Å². The predicted molar refractivity (Wildman–Crippen MR) is 130 cm³/mol. The van der Waals surface area contributed by atoms with Crippen LogP contribution in [0, 0.1) is 0 Å². The summed E-state index contributed by atoms with van der Waals surface area (Å²) in [7, 11) is 1.89. The van der Waals surface area contributed by atoms with Crippen molar-refractivity contribution < 1.29 is 33.2 Å². The molecule has 0 saturated carbocycles. The second kappa shape index (κ2) is 11.7. The summed E-state index contributed by atoms with van der Waals surface area (Å²) in [5, 5.41) is 17.9. The molecule has 1 unspecified atom stereocenters.